The van der Waals surface area contributed by atoms with Crippen LogP contribution >= 0.6 is 0 Å². The van der Waals surface area contributed by atoms with Gasteiger partial charge in [0.1, 0.15) is 18.1 Å². The Hall–Kier alpha value is -3.42. The van der Waals surface area contributed by atoms with Crippen LogP contribution in [-0.2, 0) is 20.9 Å². The lowest BCUT2D eigenvalue weighted by atomic mass is 10.2. The summed E-state index contributed by atoms with van der Waals surface area (Å²) in [6, 6.07) is 12.0. The topological polar surface area (TPSA) is 93.7 Å². The molecule has 2 rings (SSSR count). The Morgan fingerprint density at radius 3 is 2.26 bits per heavy atom. The molecule has 0 heterocycles. The van der Waals surface area contributed by atoms with E-state index in [1.807, 2.05) is 0 Å². The van der Waals surface area contributed by atoms with Crippen molar-refractivity contribution in [2.45, 2.75) is 6.54 Å². The molecule has 0 spiro atoms. The van der Waals surface area contributed by atoms with E-state index in [2.05, 4.69) is 10.6 Å². The minimum Gasteiger partial charge on any atom is -0.497 e. The van der Waals surface area contributed by atoms with Gasteiger partial charge in [0.25, 0.3) is 11.8 Å². The molecule has 0 saturated heterocycles. The fraction of sp³-hybridized carbons (Fsp3) is 0.211. The van der Waals surface area contributed by atoms with Crippen LogP contribution in [0.3, 0.4) is 0 Å². The first-order valence-electron chi connectivity index (χ1n) is 8.07. The maximum Gasteiger partial charge on any atom is 0.325 e. The second-order valence-corrected chi connectivity index (χ2v) is 5.48. The molecule has 0 aliphatic heterocycles. The number of rotatable bonds is 8. The number of esters is 1. The molecule has 0 bridgehead atoms. The van der Waals surface area contributed by atoms with Crippen molar-refractivity contribution in [1.82, 2.24) is 10.6 Å². The van der Waals surface area contributed by atoms with Gasteiger partial charge < -0.3 is 20.1 Å². The molecule has 8 heteroatoms. The number of halogens is 1. The van der Waals surface area contributed by atoms with Crippen LogP contribution in [0.25, 0.3) is 0 Å². The van der Waals surface area contributed by atoms with Gasteiger partial charge in [0.15, 0.2) is 6.61 Å². The Bertz CT molecular complexity index is 791. The van der Waals surface area contributed by atoms with E-state index in [0.29, 0.717) is 5.75 Å². The first kappa shape index (κ1) is 19.9. The highest BCUT2D eigenvalue weighted by Gasteiger charge is 2.11. The Morgan fingerprint density at radius 2 is 1.63 bits per heavy atom. The summed E-state index contributed by atoms with van der Waals surface area (Å²) in [6.07, 6.45) is 0. The van der Waals surface area contributed by atoms with E-state index in [1.165, 1.54) is 12.1 Å². The van der Waals surface area contributed by atoms with E-state index < -0.39 is 36.8 Å². The average molecular weight is 374 g/mol. The van der Waals surface area contributed by atoms with Crippen LogP contribution in [0.4, 0.5) is 4.39 Å². The molecular weight excluding hydrogens is 355 g/mol. The van der Waals surface area contributed by atoms with Crippen molar-refractivity contribution in [1.29, 1.82) is 0 Å². The van der Waals surface area contributed by atoms with Crippen LogP contribution in [0.1, 0.15) is 15.9 Å². The summed E-state index contributed by atoms with van der Waals surface area (Å²) >= 11 is 0. The Labute approximate surface area is 155 Å². The Morgan fingerprint density at radius 1 is 0.963 bits per heavy atom. The molecule has 2 aromatic carbocycles. The highest BCUT2D eigenvalue weighted by atomic mass is 19.1. The summed E-state index contributed by atoms with van der Waals surface area (Å²) in [6.45, 7) is -0.578. The second kappa shape index (κ2) is 9.91. The summed E-state index contributed by atoms with van der Waals surface area (Å²) in [4.78, 5) is 35.1. The zero-order valence-electron chi connectivity index (χ0n) is 14.7. The summed E-state index contributed by atoms with van der Waals surface area (Å²) < 4.78 is 22.6. The number of amides is 2. The largest absolute Gasteiger partial charge is 0.497 e. The smallest absolute Gasteiger partial charge is 0.325 e. The van der Waals surface area contributed by atoms with Crippen LogP contribution in [0, 0.1) is 5.82 Å². The molecule has 0 aliphatic carbocycles. The molecule has 2 N–H and O–H groups in total. The zero-order valence-corrected chi connectivity index (χ0v) is 14.7. The zero-order chi connectivity index (χ0) is 19.6. The number of carbonyl (C=O) groups excluding carboxylic acids is 3. The lowest BCUT2D eigenvalue weighted by Crippen LogP contribution is -2.33. The third-order valence-electron chi connectivity index (χ3n) is 3.51. The van der Waals surface area contributed by atoms with Gasteiger partial charge >= 0.3 is 5.97 Å². The number of hydrogen-bond acceptors (Lipinski definition) is 5. The van der Waals surface area contributed by atoms with Crippen molar-refractivity contribution in [2.24, 2.45) is 0 Å². The molecule has 2 aromatic rings. The minimum absolute atomic E-state index is 0.210. The minimum atomic E-state index is -0.759. The van der Waals surface area contributed by atoms with Crippen LogP contribution in [0.15, 0.2) is 48.5 Å². The van der Waals surface area contributed by atoms with Crippen molar-refractivity contribution >= 4 is 17.8 Å². The highest BCUT2D eigenvalue weighted by molar-refractivity contribution is 5.96. The lowest BCUT2D eigenvalue weighted by Gasteiger charge is -2.08. The molecule has 0 fully saturated rings. The number of benzene rings is 2. The molecule has 0 aromatic heterocycles. The molecular formula is C19H19FN2O5. The molecule has 0 unspecified atom stereocenters. The average Bonchev–Trinajstić information content (AvgIpc) is 2.69. The van der Waals surface area contributed by atoms with Crippen LogP contribution in [0.5, 0.6) is 5.75 Å². The van der Waals surface area contributed by atoms with Crippen molar-refractivity contribution in [3.63, 3.8) is 0 Å². The van der Waals surface area contributed by atoms with E-state index in [9.17, 15) is 18.8 Å². The van der Waals surface area contributed by atoms with Gasteiger partial charge in [0.05, 0.1) is 7.11 Å². The SMILES string of the molecule is COc1ccc(CNC(=O)COC(=O)CNC(=O)c2ccc(F)cc2)cc1. The van der Waals surface area contributed by atoms with Gasteiger partial charge in [0, 0.05) is 12.1 Å². The fourth-order valence-corrected chi connectivity index (χ4v) is 2.05. The number of hydrogen-bond donors (Lipinski definition) is 2. The monoisotopic (exact) mass is 374 g/mol. The number of nitrogens with one attached hydrogen (secondary N) is 2. The summed E-state index contributed by atoms with van der Waals surface area (Å²) in [5.74, 6) is -1.53. The van der Waals surface area contributed by atoms with Gasteiger partial charge in [-0.15, -0.1) is 0 Å². The van der Waals surface area contributed by atoms with Crippen molar-refractivity contribution in [2.75, 3.05) is 20.3 Å². The molecule has 142 valence electrons. The number of ether oxygens (including phenoxy) is 2. The van der Waals surface area contributed by atoms with E-state index in [1.54, 1.807) is 31.4 Å². The maximum atomic E-state index is 12.8. The van der Waals surface area contributed by atoms with Crippen LogP contribution in [-0.4, -0.2) is 38.0 Å². The third kappa shape index (κ3) is 6.77. The van der Waals surface area contributed by atoms with Gasteiger partial charge in [-0.05, 0) is 42.0 Å². The summed E-state index contributed by atoms with van der Waals surface area (Å²) in [5.41, 5.74) is 1.07. The molecule has 2 amide bonds. The molecule has 0 saturated carbocycles. The lowest BCUT2D eigenvalue weighted by molar-refractivity contribution is -0.147. The summed E-state index contributed by atoms with van der Waals surface area (Å²) in [7, 11) is 1.56. The first-order valence-corrected chi connectivity index (χ1v) is 8.07. The van der Waals surface area contributed by atoms with Crippen LogP contribution in [0.2, 0.25) is 0 Å². The predicted octanol–water partition coefficient (Wildman–Crippen LogP) is 1.42. The molecule has 0 radical (unpaired) electrons. The Balaban J connectivity index is 1.66. The molecule has 7 nitrogen and oxygen atoms in total. The molecule has 0 aliphatic rings. The normalized spacial score (nSPS) is 10.0. The third-order valence-corrected chi connectivity index (χ3v) is 3.51. The van der Waals surface area contributed by atoms with E-state index in [4.69, 9.17) is 9.47 Å². The van der Waals surface area contributed by atoms with Crippen molar-refractivity contribution < 1.29 is 28.2 Å². The van der Waals surface area contributed by atoms with E-state index in [-0.39, 0.29) is 12.1 Å². The maximum absolute atomic E-state index is 12.8. The first-order chi connectivity index (χ1) is 13.0. The van der Waals surface area contributed by atoms with E-state index in [0.717, 1.165) is 17.7 Å². The van der Waals surface area contributed by atoms with Gasteiger partial charge in [-0.25, -0.2) is 4.39 Å². The Kier molecular flexibility index (Phi) is 7.30. The number of methoxy groups -OCH3 is 1. The van der Waals surface area contributed by atoms with Crippen molar-refractivity contribution in [3.05, 3.63) is 65.5 Å². The quantitative estimate of drug-likeness (QED) is 0.682. The highest BCUT2D eigenvalue weighted by Crippen LogP contribution is 2.10. The van der Waals surface area contributed by atoms with Gasteiger partial charge in [0.2, 0.25) is 0 Å². The molecule has 0 atom stereocenters. The van der Waals surface area contributed by atoms with Gasteiger partial charge in [-0.1, -0.05) is 12.1 Å². The van der Waals surface area contributed by atoms with Crippen molar-refractivity contribution in [3.8, 4) is 5.75 Å². The second-order valence-electron chi connectivity index (χ2n) is 5.48. The fourth-order valence-electron chi connectivity index (χ4n) is 2.05. The van der Waals surface area contributed by atoms with Crippen LogP contribution < -0.4 is 15.4 Å². The molecule has 27 heavy (non-hydrogen) atoms. The van der Waals surface area contributed by atoms with E-state index >= 15 is 0 Å². The number of carbonyl (C=O) groups is 3. The van der Waals surface area contributed by atoms with Gasteiger partial charge in [-0.2, -0.15) is 0 Å². The van der Waals surface area contributed by atoms with Gasteiger partial charge in [-0.3, -0.25) is 14.4 Å². The summed E-state index contributed by atoms with van der Waals surface area (Å²) in [5, 5.41) is 4.94. The standard InChI is InChI=1S/C19H19FN2O5/c1-26-16-8-2-13(3-9-16)10-21-17(23)12-27-18(24)11-22-19(25)14-4-6-15(20)7-5-14/h2-9H,10-12H2,1H3,(H,21,23)(H,22,25). The predicted molar refractivity (Wildman–Crippen MR) is 94.5 cm³/mol.